The first kappa shape index (κ1) is 16.2. The van der Waals surface area contributed by atoms with Crippen LogP contribution in [-0.2, 0) is 0 Å². The van der Waals surface area contributed by atoms with Gasteiger partial charge in [-0.2, -0.15) is 4.68 Å². The van der Waals surface area contributed by atoms with Crippen molar-refractivity contribution in [1.29, 1.82) is 0 Å². The van der Waals surface area contributed by atoms with Crippen LogP contribution in [0.2, 0.25) is 0 Å². The van der Waals surface area contributed by atoms with Crippen LogP contribution in [-0.4, -0.2) is 25.2 Å². The Hall–Kier alpha value is -3.03. The number of tetrazole rings is 1. The second-order valence-corrected chi connectivity index (χ2v) is 7.91. The Morgan fingerprint density at radius 2 is 1.67 bits per heavy atom. The van der Waals surface area contributed by atoms with Gasteiger partial charge < -0.3 is 0 Å². The van der Waals surface area contributed by atoms with E-state index in [9.17, 15) is 0 Å². The number of fused-ring (bicyclic) bond motifs is 1. The summed E-state index contributed by atoms with van der Waals surface area (Å²) in [6.07, 6.45) is 0. The molecule has 2 aromatic heterocycles. The first-order valence-electron chi connectivity index (χ1n) is 8.34. The molecule has 0 fully saturated rings. The van der Waals surface area contributed by atoms with E-state index in [2.05, 4.69) is 51.2 Å². The fourth-order valence-electron chi connectivity index (χ4n) is 2.91. The van der Waals surface area contributed by atoms with Gasteiger partial charge in [0.15, 0.2) is 4.34 Å². The largest absolute Gasteiger partial charge is 0.229 e. The Kier molecular flexibility index (Phi) is 4.16. The maximum atomic E-state index is 4.73. The molecule has 0 aliphatic rings. The normalized spacial score (nSPS) is 11.1. The van der Waals surface area contributed by atoms with Crippen molar-refractivity contribution in [1.82, 2.24) is 25.2 Å². The third-order valence-corrected chi connectivity index (χ3v) is 6.04. The Bertz CT molecular complexity index is 1210. The van der Waals surface area contributed by atoms with Gasteiger partial charge >= 0.3 is 0 Å². The van der Waals surface area contributed by atoms with Gasteiger partial charge in [-0.15, -0.1) is 16.4 Å². The number of benzene rings is 3. The molecule has 0 unspecified atom stereocenters. The van der Waals surface area contributed by atoms with E-state index in [0.717, 1.165) is 32.1 Å². The van der Waals surface area contributed by atoms with E-state index in [4.69, 9.17) is 4.98 Å². The molecular weight excluding hydrogens is 374 g/mol. The lowest BCUT2D eigenvalue weighted by Crippen LogP contribution is -1.99. The molecule has 130 valence electrons. The maximum absolute atomic E-state index is 4.73. The second kappa shape index (κ2) is 6.94. The smallest absolute Gasteiger partial charge is 0.221 e. The van der Waals surface area contributed by atoms with Crippen LogP contribution >= 0.6 is 23.1 Å². The molecule has 5 aromatic rings. The molecule has 0 saturated heterocycles. The van der Waals surface area contributed by atoms with E-state index in [1.165, 1.54) is 11.8 Å². The average Bonchev–Trinajstić information content (AvgIpc) is 3.38. The minimum Gasteiger partial charge on any atom is -0.229 e. The zero-order chi connectivity index (χ0) is 18.1. The summed E-state index contributed by atoms with van der Waals surface area (Å²) in [5.74, 6) is 0. The van der Waals surface area contributed by atoms with Gasteiger partial charge in [-0.1, -0.05) is 66.7 Å². The molecule has 5 nitrogen and oxygen atoms in total. The Morgan fingerprint density at radius 3 is 2.59 bits per heavy atom. The van der Waals surface area contributed by atoms with Crippen molar-refractivity contribution < 1.29 is 0 Å². The molecule has 0 aliphatic heterocycles. The van der Waals surface area contributed by atoms with E-state index < -0.39 is 0 Å². The van der Waals surface area contributed by atoms with Crippen LogP contribution in [0.25, 0.3) is 27.7 Å². The summed E-state index contributed by atoms with van der Waals surface area (Å²) < 4.78 is 2.68. The zero-order valence-corrected chi connectivity index (χ0v) is 15.7. The van der Waals surface area contributed by atoms with Gasteiger partial charge in [0.25, 0.3) is 0 Å². The van der Waals surface area contributed by atoms with E-state index in [0.29, 0.717) is 5.16 Å². The Labute approximate surface area is 163 Å². The van der Waals surface area contributed by atoms with Crippen LogP contribution in [0.1, 0.15) is 0 Å². The summed E-state index contributed by atoms with van der Waals surface area (Å²) in [7, 11) is 0. The minimum absolute atomic E-state index is 0.695. The van der Waals surface area contributed by atoms with Crippen molar-refractivity contribution in [2.75, 3.05) is 0 Å². The van der Waals surface area contributed by atoms with Gasteiger partial charge in [-0.3, -0.25) is 0 Å². The molecule has 0 spiro atoms. The van der Waals surface area contributed by atoms with Crippen LogP contribution in [0.5, 0.6) is 0 Å². The number of rotatable bonds is 4. The van der Waals surface area contributed by atoms with Crippen LogP contribution in [0, 0.1) is 0 Å². The monoisotopic (exact) mass is 387 g/mol. The van der Waals surface area contributed by atoms with E-state index >= 15 is 0 Å². The zero-order valence-electron chi connectivity index (χ0n) is 14.1. The van der Waals surface area contributed by atoms with Gasteiger partial charge in [0.05, 0.1) is 11.4 Å². The molecule has 7 heteroatoms. The van der Waals surface area contributed by atoms with Crippen LogP contribution in [0.3, 0.4) is 0 Å². The molecule has 2 heterocycles. The van der Waals surface area contributed by atoms with Gasteiger partial charge in [0, 0.05) is 16.3 Å². The minimum atomic E-state index is 0.695. The third-order valence-electron chi connectivity index (χ3n) is 4.17. The molecule has 0 radical (unpaired) electrons. The summed E-state index contributed by atoms with van der Waals surface area (Å²) in [5.41, 5.74) is 3.03. The van der Waals surface area contributed by atoms with Gasteiger partial charge in [-0.25, -0.2) is 4.98 Å². The lowest BCUT2D eigenvalue weighted by molar-refractivity contribution is 0.761. The molecule has 0 saturated carbocycles. The van der Waals surface area contributed by atoms with E-state index in [1.54, 1.807) is 16.0 Å². The molecule has 0 atom stereocenters. The fourth-order valence-corrected chi connectivity index (χ4v) is 4.62. The molecule has 0 bridgehead atoms. The van der Waals surface area contributed by atoms with Gasteiger partial charge in [0.1, 0.15) is 0 Å². The van der Waals surface area contributed by atoms with E-state index in [-0.39, 0.29) is 0 Å². The van der Waals surface area contributed by atoms with Crippen LogP contribution in [0.4, 0.5) is 0 Å². The van der Waals surface area contributed by atoms with Crippen LogP contribution < -0.4 is 0 Å². The predicted octanol–water partition coefficient (Wildman–Crippen LogP) is 5.09. The molecule has 0 N–H and O–H groups in total. The van der Waals surface area contributed by atoms with Gasteiger partial charge in [0.2, 0.25) is 5.16 Å². The lowest BCUT2D eigenvalue weighted by atomic mass is 10.1. The van der Waals surface area contributed by atoms with E-state index in [1.807, 2.05) is 42.5 Å². The van der Waals surface area contributed by atoms with Gasteiger partial charge in [-0.05, 0) is 33.6 Å². The highest BCUT2D eigenvalue weighted by atomic mass is 32.2. The molecule has 0 aliphatic carbocycles. The number of thiazole rings is 1. The molecule has 5 rings (SSSR count). The third kappa shape index (κ3) is 3.11. The number of hydrogen-bond acceptors (Lipinski definition) is 6. The Morgan fingerprint density at radius 1 is 0.852 bits per heavy atom. The lowest BCUT2D eigenvalue weighted by Gasteiger charge is -2.07. The van der Waals surface area contributed by atoms with Crippen molar-refractivity contribution in [2.24, 2.45) is 0 Å². The predicted molar refractivity (Wildman–Crippen MR) is 108 cm³/mol. The fraction of sp³-hybridized carbons (Fsp3) is 0. The summed E-state index contributed by atoms with van der Waals surface area (Å²) in [6, 6.07) is 24.5. The highest BCUT2D eigenvalue weighted by molar-refractivity contribution is 8.00. The number of hydrogen-bond donors (Lipinski definition) is 0. The first-order valence-corrected chi connectivity index (χ1v) is 10.0. The number of nitrogens with zero attached hydrogens (tertiary/aromatic N) is 5. The molecular formula is C20H13N5S2. The highest BCUT2D eigenvalue weighted by Gasteiger charge is 2.15. The number of aromatic nitrogens is 5. The Balaban J connectivity index is 1.50. The molecule has 27 heavy (non-hydrogen) atoms. The van der Waals surface area contributed by atoms with Crippen LogP contribution in [0.15, 0.2) is 87.7 Å². The second-order valence-electron chi connectivity index (χ2n) is 5.84. The molecule has 3 aromatic carbocycles. The topological polar surface area (TPSA) is 56.5 Å². The molecule has 0 amide bonds. The average molecular weight is 387 g/mol. The van der Waals surface area contributed by atoms with Crippen molar-refractivity contribution in [3.8, 4) is 16.9 Å². The maximum Gasteiger partial charge on any atom is 0.221 e. The summed E-state index contributed by atoms with van der Waals surface area (Å²) in [4.78, 5) is 4.73. The van der Waals surface area contributed by atoms with Crippen molar-refractivity contribution in [2.45, 2.75) is 9.50 Å². The van der Waals surface area contributed by atoms with Crippen molar-refractivity contribution >= 4 is 33.9 Å². The summed E-state index contributed by atoms with van der Waals surface area (Å²) in [5, 5.41) is 17.3. The summed E-state index contributed by atoms with van der Waals surface area (Å²) in [6.45, 7) is 0. The van der Waals surface area contributed by atoms with Crippen molar-refractivity contribution in [3.05, 3.63) is 78.2 Å². The summed E-state index contributed by atoms with van der Waals surface area (Å²) >= 11 is 3.07. The SMILES string of the molecule is c1ccc(-c2csc(Sc3nnnn3-c3cccc4ccccc34)n2)cc1. The van der Waals surface area contributed by atoms with Crippen molar-refractivity contribution in [3.63, 3.8) is 0 Å². The highest BCUT2D eigenvalue weighted by Crippen LogP contribution is 2.33. The quantitative estimate of drug-likeness (QED) is 0.430. The standard InChI is InChI=1S/C20H13N5S2/c1-2-8-15(9-3-1)17-13-26-20(21-17)27-19-22-23-24-25(19)18-12-6-10-14-7-4-5-11-16(14)18/h1-13H. The first-order chi connectivity index (χ1) is 13.4.